The summed E-state index contributed by atoms with van der Waals surface area (Å²) in [7, 11) is 0. The SMILES string of the molecule is CCCC1CCN(C(=O)N2CCCC(CC(=O)O)C2)C1. The molecule has 0 saturated carbocycles. The van der Waals surface area contributed by atoms with E-state index in [4.69, 9.17) is 5.11 Å². The van der Waals surface area contributed by atoms with Gasteiger partial charge in [-0.2, -0.15) is 0 Å². The van der Waals surface area contributed by atoms with Crippen molar-refractivity contribution in [1.29, 1.82) is 0 Å². The number of amides is 2. The highest BCUT2D eigenvalue weighted by molar-refractivity contribution is 5.75. The van der Waals surface area contributed by atoms with Crippen molar-refractivity contribution >= 4 is 12.0 Å². The lowest BCUT2D eigenvalue weighted by Crippen LogP contribution is -2.47. The van der Waals surface area contributed by atoms with E-state index in [9.17, 15) is 9.59 Å². The fourth-order valence-electron chi connectivity index (χ4n) is 3.50. The van der Waals surface area contributed by atoms with Gasteiger partial charge in [-0.25, -0.2) is 4.79 Å². The van der Waals surface area contributed by atoms with Gasteiger partial charge in [0.15, 0.2) is 0 Å². The lowest BCUT2D eigenvalue weighted by Gasteiger charge is -2.34. The van der Waals surface area contributed by atoms with Gasteiger partial charge >= 0.3 is 12.0 Å². The van der Waals surface area contributed by atoms with E-state index in [1.165, 1.54) is 12.8 Å². The molecule has 2 rings (SSSR count). The summed E-state index contributed by atoms with van der Waals surface area (Å²) in [6.45, 7) is 5.33. The predicted octanol–water partition coefficient (Wildman–Crippen LogP) is 2.42. The molecule has 114 valence electrons. The van der Waals surface area contributed by atoms with Crippen molar-refractivity contribution in [3.63, 3.8) is 0 Å². The van der Waals surface area contributed by atoms with E-state index in [0.29, 0.717) is 12.5 Å². The van der Waals surface area contributed by atoms with Gasteiger partial charge in [0.25, 0.3) is 0 Å². The summed E-state index contributed by atoms with van der Waals surface area (Å²) >= 11 is 0. The Morgan fingerprint density at radius 3 is 2.50 bits per heavy atom. The van der Waals surface area contributed by atoms with E-state index < -0.39 is 5.97 Å². The van der Waals surface area contributed by atoms with Crippen molar-refractivity contribution in [3.8, 4) is 0 Å². The second kappa shape index (κ2) is 6.95. The Hall–Kier alpha value is -1.26. The summed E-state index contributed by atoms with van der Waals surface area (Å²) in [5, 5.41) is 8.88. The van der Waals surface area contributed by atoms with Gasteiger partial charge in [-0.05, 0) is 37.5 Å². The maximum atomic E-state index is 12.5. The van der Waals surface area contributed by atoms with E-state index in [-0.39, 0.29) is 18.4 Å². The zero-order valence-electron chi connectivity index (χ0n) is 12.4. The number of urea groups is 1. The predicted molar refractivity (Wildman–Crippen MR) is 76.5 cm³/mol. The summed E-state index contributed by atoms with van der Waals surface area (Å²) in [6.07, 6.45) is 5.53. The van der Waals surface area contributed by atoms with E-state index in [2.05, 4.69) is 6.92 Å². The minimum absolute atomic E-state index is 0.124. The lowest BCUT2D eigenvalue weighted by molar-refractivity contribution is -0.138. The smallest absolute Gasteiger partial charge is 0.320 e. The van der Waals surface area contributed by atoms with Crippen LogP contribution in [-0.2, 0) is 4.79 Å². The van der Waals surface area contributed by atoms with Crippen LogP contribution in [0, 0.1) is 11.8 Å². The first kappa shape index (κ1) is 15.1. The molecule has 0 aromatic rings. The fourth-order valence-corrected chi connectivity index (χ4v) is 3.50. The van der Waals surface area contributed by atoms with Gasteiger partial charge in [0.1, 0.15) is 0 Å². The highest BCUT2D eigenvalue weighted by Crippen LogP contribution is 2.25. The average Bonchev–Trinajstić information content (AvgIpc) is 2.86. The molecule has 0 aromatic heterocycles. The molecule has 0 bridgehead atoms. The number of piperidine rings is 1. The number of hydrogen-bond acceptors (Lipinski definition) is 2. The number of carboxylic acid groups (broad SMARTS) is 1. The summed E-state index contributed by atoms with van der Waals surface area (Å²) < 4.78 is 0. The highest BCUT2D eigenvalue weighted by atomic mass is 16.4. The topological polar surface area (TPSA) is 60.9 Å². The second-order valence-electron chi connectivity index (χ2n) is 6.22. The van der Waals surface area contributed by atoms with Crippen LogP contribution in [0.3, 0.4) is 0 Å². The van der Waals surface area contributed by atoms with Crippen LogP contribution < -0.4 is 0 Å². The molecule has 2 saturated heterocycles. The molecule has 2 atom stereocenters. The number of hydrogen-bond donors (Lipinski definition) is 1. The largest absolute Gasteiger partial charge is 0.481 e. The third-order valence-electron chi connectivity index (χ3n) is 4.51. The molecule has 0 aliphatic carbocycles. The number of nitrogens with zero attached hydrogens (tertiary/aromatic N) is 2. The van der Waals surface area contributed by atoms with Gasteiger partial charge in [0.2, 0.25) is 0 Å². The molecule has 2 fully saturated rings. The highest BCUT2D eigenvalue weighted by Gasteiger charge is 2.31. The van der Waals surface area contributed by atoms with Crippen LogP contribution in [0.4, 0.5) is 4.79 Å². The Morgan fingerprint density at radius 2 is 1.80 bits per heavy atom. The van der Waals surface area contributed by atoms with Crippen LogP contribution in [0.25, 0.3) is 0 Å². The molecule has 5 heteroatoms. The number of carboxylic acids is 1. The van der Waals surface area contributed by atoms with Crippen LogP contribution in [0.15, 0.2) is 0 Å². The Morgan fingerprint density at radius 1 is 1.10 bits per heavy atom. The first-order chi connectivity index (χ1) is 9.60. The quantitative estimate of drug-likeness (QED) is 0.861. The molecule has 0 aromatic carbocycles. The normalized spacial score (nSPS) is 26.9. The van der Waals surface area contributed by atoms with Crippen LogP contribution in [-0.4, -0.2) is 53.1 Å². The van der Waals surface area contributed by atoms with Gasteiger partial charge in [0.05, 0.1) is 0 Å². The summed E-state index contributed by atoms with van der Waals surface area (Å²) in [6, 6.07) is 0.124. The molecule has 2 aliphatic heterocycles. The second-order valence-corrected chi connectivity index (χ2v) is 6.22. The van der Waals surface area contributed by atoms with E-state index in [1.54, 1.807) is 0 Å². The number of carbonyl (C=O) groups is 2. The van der Waals surface area contributed by atoms with E-state index >= 15 is 0 Å². The van der Waals surface area contributed by atoms with Gasteiger partial charge in [0, 0.05) is 32.6 Å². The minimum atomic E-state index is -0.756. The number of carbonyl (C=O) groups excluding carboxylic acids is 1. The standard InChI is InChI=1S/C15H26N2O3/c1-2-4-12-6-8-17(10-12)15(20)16-7-3-5-13(11-16)9-14(18)19/h12-13H,2-11H2,1H3,(H,18,19). The van der Waals surface area contributed by atoms with Gasteiger partial charge in [-0.15, -0.1) is 0 Å². The summed E-state index contributed by atoms with van der Waals surface area (Å²) in [5.74, 6) is 0.0243. The van der Waals surface area contributed by atoms with Crippen molar-refractivity contribution in [2.24, 2.45) is 11.8 Å². The number of rotatable bonds is 4. The minimum Gasteiger partial charge on any atom is -0.481 e. The van der Waals surface area contributed by atoms with Crippen molar-refractivity contribution in [3.05, 3.63) is 0 Å². The van der Waals surface area contributed by atoms with Crippen LogP contribution in [0.1, 0.15) is 45.4 Å². The molecule has 2 aliphatic rings. The van der Waals surface area contributed by atoms with Crippen molar-refractivity contribution in [2.75, 3.05) is 26.2 Å². The monoisotopic (exact) mass is 282 g/mol. The van der Waals surface area contributed by atoms with Gasteiger partial charge in [-0.1, -0.05) is 13.3 Å². The summed E-state index contributed by atoms with van der Waals surface area (Å²) in [5.41, 5.74) is 0. The third kappa shape index (κ3) is 3.87. The van der Waals surface area contributed by atoms with Crippen LogP contribution in [0.2, 0.25) is 0 Å². The zero-order valence-corrected chi connectivity index (χ0v) is 12.4. The Kier molecular flexibility index (Phi) is 5.26. The first-order valence-corrected chi connectivity index (χ1v) is 7.85. The zero-order chi connectivity index (χ0) is 14.5. The number of aliphatic carboxylic acids is 1. The molecule has 2 unspecified atom stereocenters. The van der Waals surface area contributed by atoms with Crippen molar-refractivity contribution in [2.45, 2.75) is 45.4 Å². The molecule has 20 heavy (non-hydrogen) atoms. The number of likely N-dealkylation sites (tertiary alicyclic amines) is 2. The molecule has 0 radical (unpaired) electrons. The van der Waals surface area contributed by atoms with Gasteiger partial charge < -0.3 is 14.9 Å². The Labute approximate surface area is 120 Å². The van der Waals surface area contributed by atoms with Crippen molar-refractivity contribution in [1.82, 2.24) is 9.80 Å². The van der Waals surface area contributed by atoms with Crippen LogP contribution in [0.5, 0.6) is 0 Å². The molecule has 1 N–H and O–H groups in total. The van der Waals surface area contributed by atoms with Crippen molar-refractivity contribution < 1.29 is 14.7 Å². The third-order valence-corrected chi connectivity index (χ3v) is 4.51. The maximum Gasteiger partial charge on any atom is 0.320 e. The molecular weight excluding hydrogens is 256 g/mol. The first-order valence-electron chi connectivity index (χ1n) is 7.85. The fraction of sp³-hybridized carbons (Fsp3) is 0.867. The maximum absolute atomic E-state index is 12.5. The van der Waals surface area contributed by atoms with E-state index in [1.807, 2.05) is 9.80 Å². The molecule has 5 nitrogen and oxygen atoms in total. The molecular formula is C15H26N2O3. The lowest BCUT2D eigenvalue weighted by atomic mass is 9.95. The average molecular weight is 282 g/mol. The molecule has 2 amide bonds. The van der Waals surface area contributed by atoms with Gasteiger partial charge in [-0.3, -0.25) is 4.79 Å². The van der Waals surface area contributed by atoms with Crippen LogP contribution >= 0.6 is 0 Å². The van der Waals surface area contributed by atoms with E-state index in [0.717, 1.165) is 38.9 Å². The molecule has 0 spiro atoms. The Bertz CT molecular complexity index is 359. The summed E-state index contributed by atoms with van der Waals surface area (Å²) in [4.78, 5) is 27.1. The molecule has 2 heterocycles. The Balaban J connectivity index is 1.84.